The minimum atomic E-state index is -2.62. The Bertz CT molecular complexity index is 770. The standard InChI is InChI=1S/C17H14F2N2/c18-17(19)15-10-14(20)13-8-4-7-12(16(13)21-15)9-11-5-2-1-3-6-11/h1-8,10,17H,9H2,(H2,20,21). The lowest BCUT2D eigenvalue weighted by Gasteiger charge is -2.10. The molecular formula is C17H14F2N2. The summed E-state index contributed by atoms with van der Waals surface area (Å²) in [6.45, 7) is 0. The highest BCUT2D eigenvalue weighted by molar-refractivity contribution is 5.92. The zero-order valence-electron chi connectivity index (χ0n) is 11.3. The molecule has 0 radical (unpaired) electrons. The van der Waals surface area contributed by atoms with Gasteiger partial charge in [-0.05, 0) is 23.6 Å². The number of hydrogen-bond donors (Lipinski definition) is 1. The normalized spacial score (nSPS) is 11.2. The van der Waals surface area contributed by atoms with E-state index in [1.165, 1.54) is 6.07 Å². The van der Waals surface area contributed by atoms with Crippen LogP contribution in [0.2, 0.25) is 0 Å². The molecule has 21 heavy (non-hydrogen) atoms. The molecule has 0 aliphatic heterocycles. The summed E-state index contributed by atoms with van der Waals surface area (Å²) in [7, 11) is 0. The van der Waals surface area contributed by atoms with E-state index in [0.717, 1.165) is 11.1 Å². The van der Waals surface area contributed by atoms with Gasteiger partial charge in [-0.2, -0.15) is 0 Å². The van der Waals surface area contributed by atoms with E-state index in [9.17, 15) is 8.78 Å². The van der Waals surface area contributed by atoms with Gasteiger partial charge in [-0.3, -0.25) is 0 Å². The van der Waals surface area contributed by atoms with Crippen molar-refractivity contribution in [3.63, 3.8) is 0 Å². The Morgan fingerprint density at radius 3 is 2.48 bits per heavy atom. The van der Waals surface area contributed by atoms with Crippen molar-refractivity contribution in [2.24, 2.45) is 0 Å². The minimum absolute atomic E-state index is 0.277. The summed E-state index contributed by atoms with van der Waals surface area (Å²) in [6.07, 6.45) is -1.99. The largest absolute Gasteiger partial charge is 0.398 e. The molecule has 0 spiro atoms. The molecule has 0 atom stereocenters. The number of anilines is 1. The van der Waals surface area contributed by atoms with Gasteiger partial charge in [0.1, 0.15) is 5.69 Å². The maximum atomic E-state index is 12.9. The molecule has 0 amide bonds. The van der Waals surface area contributed by atoms with Crippen LogP contribution in [0.25, 0.3) is 10.9 Å². The van der Waals surface area contributed by atoms with Crippen LogP contribution in [0.15, 0.2) is 54.6 Å². The van der Waals surface area contributed by atoms with E-state index in [1.54, 1.807) is 6.07 Å². The molecule has 1 aromatic heterocycles. The summed E-state index contributed by atoms with van der Waals surface area (Å²) in [5, 5.41) is 0.716. The minimum Gasteiger partial charge on any atom is -0.398 e. The molecule has 2 nitrogen and oxygen atoms in total. The van der Waals surface area contributed by atoms with Gasteiger partial charge in [-0.25, -0.2) is 13.8 Å². The molecule has 0 unspecified atom stereocenters. The molecule has 2 aromatic carbocycles. The molecule has 1 heterocycles. The van der Waals surface area contributed by atoms with E-state index in [-0.39, 0.29) is 5.69 Å². The van der Waals surface area contributed by atoms with Gasteiger partial charge in [0.05, 0.1) is 5.52 Å². The number of fused-ring (bicyclic) bond motifs is 1. The Hall–Kier alpha value is -2.49. The van der Waals surface area contributed by atoms with Gasteiger partial charge in [-0.1, -0.05) is 48.5 Å². The number of rotatable bonds is 3. The van der Waals surface area contributed by atoms with Gasteiger partial charge in [0.25, 0.3) is 6.43 Å². The SMILES string of the molecule is Nc1cc(C(F)F)nc2c(Cc3ccccc3)cccc12. The predicted octanol–water partition coefficient (Wildman–Crippen LogP) is 4.35. The van der Waals surface area contributed by atoms with Crippen molar-refractivity contribution in [1.82, 2.24) is 4.98 Å². The third kappa shape index (κ3) is 2.70. The molecule has 0 aliphatic carbocycles. The van der Waals surface area contributed by atoms with Gasteiger partial charge in [-0.15, -0.1) is 0 Å². The summed E-state index contributed by atoms with van der Waals surface area (Å²) in [5.41, 5.74) is 8.50. The zero-order chi connectivity index (χ0) is 14.8. The maximum Gasteiger partial charge on any atom is 0.280 e. The highest BCUT2D eigenvalue weighted by Crippen LogP contribution is 2.28. The van der Waals surface area contributed by atoms with Gasteiger partial charge < -0.3 is 5.73 Å². The molecule has 2 N–H and O–H groups in total. The van der Waals surface area contributed by atoms with Crippen molar-refractivity contribution >= 4 is 16.6 Å². The lowest BCUT2D eigenvalue weighted by atomic mass is 10.0. The number of pyridine rings is 1. The van der Waals surface area contributed by atoms with E-state index < -0.39 is 6.43 Å². The van der Waals surface area contributed by atoms with Crippen molar-refractivity contribution < 1.29 is 8.78 Å². The average Bonchev–Trinajstić information content (AvgIpc) is 2.49. The maximum absolute atomic E-state index is 12.9. The third-order valence-corrected chi connectivity index (χ3v) is 3.44. The summed E-state index contributed by atoms with van der Waals surface area (Å²) in [5.74, 6) is 0. The van der Waals surface area contributed by atoms with Crippen LogP contribution in [0.1, 0.15) is 23.2 Å². The number of nitrogens with two attached hydrogens (primary N) is 1. The molecule has 106 valence electrons. The number of aromatic nitrogens is 1. The second kappa shape index (κ2) is 5.48. The van der Waals surface area contributed by atoms with Crippen LogP contribution in [0.4, 0.5) is 14.5 Å². The van der Waals surface area contributed by atoms with Crippen molar-refractivity contribution in [2.75, 3.05) is 5.73 Å². The first-order valence-electron chi connectivity index (χ1n) is 6.65. The van der Waals surface area contributed by atoms with Gasteiger partial charge in [0.2, 0.25) is 0 Å². The molecule has 0 fully saturated rings. The van der Waals surface area contributed by atoms with Crippen LogP contribution >= 0.6 is 0 Å². The highest BCUT2D eigenvalue weighted by atomic mass is 19.3. The fraction of sp³-hybridized carbons (Fsp3) is 0.118. The van der Waals surface area contributed by atoms with Gasteiger partial charge in [0, 0.05) is 11.1 Å². The Morgan fingerprint density at radius 2 is 1.76 bits per heavy atom. The summed E-state index contributed by atoms with van der Waals surface area (Å²) in [4.78, 5) is 4.10. The summed E-state index contributed by atoms with van der Waals surface area (Å²) >= 11 is 0. The first-order chi connectivity index (χ1) is 10.1. The molecule has 3 rings (SSSR count). The van der Waals surface area contributed by atoms with E-state index in [4.69, 9.17) is 5.73 Å². The monoisotopic (exact) mass is 284 g/mol. The highest BCUT2D eigenvalue weighted by Gasteiger charge is 2.14. The topological polar surface area (TPSA) is 38.9 Å². The van der Waals surface area contributed by atoms with E-state index in [2.05, 4.69) is 4.98 Å². The summed E-state index contributed by atoms with van der Waals surface area (Å²) < 4.78 is 25.8. The Labute approximate surface area is 121 Å². The number of alkyl halides is 2. The quantitative estimate of drug-likeness (QED) is 0.776. The van der Waals surface area contributed by atoms with E-state index >= 15 is 0 Å². The number of nitrogen functional groups attached to an aromatic ring is 1. The fourth-order valence-electron chi connectivity index (χ4n) is 2.42. The lowest BCUT2D eigenvalue weighted by Crippen LogP contribution is -1.99. The van der Waals surface area contributed by atoms with Crippen LogP contribution in [-0.2, 0) is 6.42 Å². The second-order valence-corrected chi connectivity index (χ2v) is 4.91. The van der Waals surface area contributed by atoms with Gasteiger partial charge >= 0.3 is 0 Å². The molecule has 0 bridgehead atoms. The van der Waals surface area contributed by atoms with Crippen molar-refractivity contribution in [2.45, 2.75) is 12.8 Å². The average molecular weight is 284 g/mol. The fourth-order valence-corrected chi connectivity index (χ4v) is 2.42. The van der Waals surface area contributed by atoms with Crippen molar-refractivity contribution in [3.05, 3.63) is 71.4 Å². The first kappa shape index (κ1) is 13.5. The Kier molecular flexibility index (Phi) is 3.52. The number of para-hydroxylation sites is 1. The smallest absolute Gasteiger partial charge is 0.280 e. The third-order valence-electron chi connectivity index (χ3n) is 3.44. The molecular weight excluding hydrogens is 270 g/mol. The van der Waals surface area contributed by atoms with Crippen molar-refractivity contribution in [3.8, 4) is 0 Å². The second-order valence-electron chi connectivity index (χ2n) is 4.91. The lowest BCUT2D eigenvalue weighted by molar-refractivity contribution is 0.146. The summed E-state index contributed by atoms with van der Waals surface area (Å²) in [6, 6.07) is 16.7. The van der Waals surface area contributed by atoms with Crippen LogP contribution in [0.3, 0.4) is 0 Å². The number of benzene rings is 2. The molecule has 0 saturated carbocycles. The van der Waals surface area contributed by atoms with E-state index in [0.29, 0.717) is 23.0 Å². The van der Waals surface area contributed by atoms with Crippen LogP contribution in [0, 0.1) is 0 Å². The molecule has 0 saturated heterocycles. The van der Waals surface area contributed by atoms with Crippen LogP contribution < -0.4 is 5.73 Å². The van der Waals surface area contributed by atoms with E-state index in [1.807, 2.05) is 42.5 Å². The number of halogens is 2. The Balaban J connectivity index is 2.14. The van der Waals surface area contributed by atoms with Crippen LogP contribution in [-0.4, -0.2) is 4.98 Å². The number of hydrogen-bond acceptors (Lipinski definition) is 2. The Morgan fingerprint density at radius 1 is 1.00 bits per heavy atom. The molecule has 3 aromatic rings. The predicted molar refractivity (Wildman–Crippen MR) is 80.4 cm³/mol. The van der Waals surface area contributed by atoms with Crippen LogP contribution in [0.5, 0.6) is 0 Å². The van der Waals surface area contributed by atoms with Crippen molar-refractivity contribution in [1.29, 1.82) is 0 Å². The number of nitrogens with zero attached hydrogens (tertiary/aromatic N) is 1. The molecule has 4 heteroatoms. The first-order valence-corrected chi connectivity index (χ1v) is 6.65. The zero-order valence-corrected chi connectivity index (χ0v) is 11.3. The molecule has 0 aliphatic rings. The van der Waals surface area contributed by atoms with Gasteiger partial charge in [0.15, 0.2) is 0 Å².